The lowest BCUT2D eigenvalue weighted by Gasteiger charge is -2.05. The molecular weight excluding hydrogens is 250 g/mol. The highest BCUT2D eigenvalue weighted by Crippen LogP contribution is 2.10. The van der Waals surface area contributed by atoms with Crippen LogP contribution in [-0.2, 0) is 0 Å². The zero-order chi connectivity index (χ0) is 13.3. The Kier molecular flexibility index (Phi) is 3.07. The number of nitrogens with zero attached hydrogens (tertiary/aromatic N) is 3. The van der Waals surface area contributed by atoms with Crippen molar-refractivity contribution in [3.63, 3.8) is 0 Å². The molecule has 0 aliphatic heterocycles. The van der Waals surface area contributed by atoms with Crippen molar-refractivity contribution in [1.82, 2.24) is 14.8 Å². The maximum atomic E-state index is 11.0. The molecule has 6 nitrogen and oxygen atoms in total. The fourth-order valence-corrected chi connectivity index (χ4v) is 1.60. The van der Waals surface area contributed by atoms with Gasteiger partial charge in [0.2, 0.25) is 0 Å². The van der Waals surface area contributed by atoms with Crippen LogP contribution in [0, 0.1) is 6.92 Å². The molecule has 7 heteroatoms. The summed E-state index contributed by atoms with van der Waals surface area (Å²) in [4.78, 5) is 15.6. The fourth-order valence-electron chi connectivity index (χ4n) is 1.49. The molecule has 0 bridgehead atoms. The molecule has 2 heterocycles. The number of thiocarbonyl (C=S) groups is 1. The summed E-state index contributed by atoms with van der Waals surface area (Å²) in [7, 11) is 0. The Morgan fingerprint density at radius 3 is 2.61 bits per heavy atom. The van der Waals surface area contributed by atoms with Crippen LogP contribution in [0.4, 0.5) is 0 Å². The van der Waals surface area contributed by atoms with Gasteiger partial charge in [-0.1, -0.05) is 12.2 Å². The molecule has 0 aromatic carbocycles. The molecular formula is C11H11N5OS. The third-order valence-electron chi connectivity index (χ3n) is 2.33. The average molecular weight is 261 g/mol. The number of aryl methyl sites for hydroxylation is 1. The number of pyridine rings is 1. The first-order valence-corrected chi connectivity index (χ1v) is 5.51. The van der Waals surface area contributed by atoms with Gasteiger partial charge in [0, 0.05) is 17.5 Å². The fraction of sp³-hybridized carbons (Fsp3) is 0.0909. The van der Waals surface area contributed by atoms with Gasteiger partial charge in [-0.15, -0.1) is 0 Å². The topological polar surface area (TPSA) is 99.8 Å². The standard InChI is InChI=1S/C11H11N5OS/c1-6-2-7(11(13)18)3-9(15-6)16-5-8(4-14-16)10(12)17/h2-5H,1H3,(H2,12,17)(H2,13,18). The van der Waals surface area contributed by atoms with Crippen LogP contribution in [0.3, 0.4) is 0 Å². The van der Waals surface area contributed by atoms with Gasteiger partial charge in [0.1, 0.15) is 4.99 Å². The van der Waals surface area contributed by atoms with Crippen LogP contribution in [-0.4, -0.2) is 25.7 Å². The quantitative estimate of drug-likeness (QED) is 0.774. The molecule has 0 saturated carbocycles. The van der Waals surface area contributed by atoms with Crippen molar-refractivity contribution in [3.05, 3.63) is 41.3 Å². The van der Waals surface area contributed by atoms with Crippen molar-refractivity contribution in [2.75, 3.05) is 0 Å². The van der Waals surface area contributed by atoms with E-state index in [1.807, 2.05) is 6.92 Å². The van der Waals surface area contributed by atoms with Crippen molar-refractivity contribution >= 4 is 23.1 Å². The molecule has 2 aromatic rings. The van der Waals surface area contributed by atoms with E-state index < -0.39 is 5.91 Å². The molecule has 0 spiro atoms. The minimum absolute atomic E-state index is 0.282. The Bertz CT molecular complexity index is 634. The molecule has 0 radical (unpaired) electrons. The van der Waals surface area contributed by atoms with Gasteiger partial charge in [-0.2, -0.15) is 5.10 Å². The number of aromatic nitrogens is 3. The van der Waals surface area contributed by atoms with Gasteiger partial charge in [-0.25, -0.2) is 9.67 Å². The van der Waals surface area contributed by atoms with E-state index in [4.69, 9.17) is 23.7 Å². The lowest BCUT2D eigenvalue weighted by Crippen LogP contribution is -2.12. The van der Waals surface area contributed by atoms with Gasteiger partial charge in [-0.05, 0) is 19.1 Å². The third-order valence-corrected chi connectivity index (χ3v) is 2.56. The van der Waals surface area contributed by atoms with E-state index in [9.17, 15) is 4.79 Å². The predicted octanol–water partition coefficient (Wildman–Crippen LogP) is 0.309. The summed E-state index contributed by atoms with van der Waals surface area (Å²) in [5.74, 6) is -0.00577. The van der Waals surface area contributed by atoms with Crippen LogP contribution >= 0.6 is 12.2 Å². The number of nitrogens with two attached hydrogens (primary N) is 2. The Labute approximate surface area is 109 Å². The Hall–Kier alpha value is -2.28. The van der Waals surface area contributed by atoms with Crippen LogP contribution in [0.25, 0.3) is 5.82 Å². The molecule has 1 amide bonds. The summed E-state index contributed by atoms with van der Waals surface area (Å²) in [6.45, 7) is 1.82. The zero-order valence-corrected chi connectivity index (χ0v) is 10.4. The summed E-state index contributed by atoms with van der Waals surface area (Å²) in [6.07, 6.45) is 2.89. The van der Waals surface area contributed by atoms with Gasteiger partial charge >= 0.3 is 0 Å². The lowest BCUT2D eigenvalue weighted by molar-refractivity contribution is 0.100. The van der Waals surface area contributed by atoms with E-state index >= 15 is 0 Å². The highest BCUT2D eigenvalue weighted by molar-refractivity contribution is 7.80. The van der Waals surface area contributed by atoms with Crippen molar-refractivity contribution < 1.29 is 4.79 Å². The summed E-state index contributed by atoms with van der Waals surface area (Å²) < 4.78 is 1.45. The molecule has 0 atom stereocenters. The van der Waals surface area contributed by atoms with Gasteiger partial charge in [0.05, 0.1) is 11.8 Å². The van der Waals surface area contributed by atoms with E-state index in [1.165, 1.54) is 17.1 Å². The van der Waals surface area contributed by atoms with Gasteiger partial charge in [0.25, 0.3) is 5.91 Å². The first-order valence-electron chi connectivity index (χ1n) is 5.10. The zero-order valence-electron chi connectivity index (χ0n) is 9.62. The third kappa shape index (κ3) is 2.35. The van der Waals surface area contributed by atoms with Gasteiger partial charge in [0.15, 0.2) is 5.82 Å². The number of hydrogen-bond acceptors (Lipinski definition) is 4. The summed E-state index contributed by atoms with van der Waals surface area (Å²) in [5.41, 5.74) is 12.5. The van der Waals surface area contributed by atoms with Crippen LogP contribution in [0.5, 0.6) is 0 Å². The Balaban J connectivity index is 2.49. The minimum atomic E-state index is -0.538. The molecule has 2 rings (SSSR count). The highest BCUT2D eigenvalue weighted by atomic mass is 32.1. The van der Waals surface area contributed by atoms with Gasteiger partial charge < -0.3 is 11.5 Å². The first-order chi connectivity index (χ1) is 8.47. The molecule has 92 valence electrons. The number of carbonyl (C=O) groups excluding carboxylic acids is 1. The molecule has 18 heavy (non-hydrogen) atoms. The van der Waals surface area contributed by atoms with Crippen molar-refractivity contribution in [1.29, 1.82) is 0 Å². The van der Waals surface area contributed by atoms with E-state index in [0.29, 0.717) is 16.9 Å². The maximum Gasteiger partial charge on any atom is 0.251 e. The summed E-state index contributed by atoms with van der Waals surface area (Å²) in [5, 5.41) is 4.02. The van der Waals surface area contributed by atoms with Crippen molar-refractivity contribution in [2.45, 2.75) is 6.92 Å². The van der Waals surface area contributed by atoms with Crippen LogP contribution < -0.4 is 11.5 Å². The molecule has 0 aliphatic rings. The number of carbonyl (C=O) groups is 1. The molecule has 0 unspecified atom stereocenters. The largest absolute Gasteiger partial charge is 0.389 e. The highest BCUT2D eigenvalue weighted by Gasteiger charge is 2.08. The number of hydrogen-bond donors (Lipinski definition) is 2. The van der Waals surface area contributed by atoms with Crippen LogP contribution in [0.2, 0.25) is 0 Å². The summed E-state index contributed by atoms with van der Waals surface area (Å²) >= 11 is 4.92. The van der Waals surface area contributed by atoms with Crippen molar-refractivity contribution in [3.8, 4) is 5.82 Å². The second kappa shape index (κ2) is 4.53. The minimum Gasteiger partial charge on any atom is -0.389 e. The molecule has 0 fully saturated rings. The van der Waals surface area contributed by atoms with Gasteiger partial charge in [-0.3, -0.25) is 4.79 Å². The number of rotatable bonds is 3. The smallest absolute Gasteiger partial charge is 0.251 e. The van der Waals surface area contributed by atoms with Crippen LogP contribution in [0.1, 0.15) is 21.6 Å². The normalized spacial score (nSPS) is 10.3. The Morgan fingerprint density at radius 1 is 1.33 bits per heavy atom. The molecule has 0 aliphatic carbocycles. The molecule has 4 N–H and O–H groups in total. The second-order valence-electron chi connectivity index (χ2n) is 3.76. The SMILES string of the molecule is Cc1cc(C(N)=S)cc(-n2cc(C(N)=O)cn2)n1. The average Bonchev–Trinajstić information content (AvgIpc) is 2.77. The predicted molar refractivity (Wildman–Crippen MR) is 70.5 cm³/mol. The Morgan fingerprint density at radius 2 is 2.06 bits per heavy atom. The second-order valence-corrected chi connectivity index (χ2v) is 4.20. The summed E-state index contributed by atoms with van der Waals surface area (Å²) in [6, 6.07) is 3.48. The van der Waals surface area contributed by atoms with E-state index in [-0.39, 0.29) is 4.99 Å². The first kappa shape index (κ1) is 12.2. The monoisotopic (exact) mass is 261 g/mol. The molecule has 2 aromatic heterocycles. The van der Waals surface area contributed by atoms with E-state index in [1.54, 1.807) is 12.1 Å². The number of primary amides is 1. The lowest BCUT2D eigenvalue weighted by atomic mass is 10.2. The van der Waals surface area contributed by atoms with E-state index in [2.05, 4.69) is 10.1 Å². The van der Waals surface area contributed by atoms with Crippen LogP contribution in [0.15, 0.2) is 24.5 Å². The maximum absolute atomic E-state index is 11.0. The molecule has 0 saturated heterocycles. The van der Waals surface area contributed by atoms with E-state index in [0.717, 1.165) is 5.69 Å². The number of amides is 1. The van der Waals surface area contributed by atoms with Crippen molar-refractivity contribution in [2.24, 2.45) is 11.5 Å².